The van der Waals surface area contributed by atoms with Crippen molar-refractivity contribution in [2.24, 2.45) is 0 Å². The fourth-order valence-corrected chi connectivity index (χ4v) is 7.18. The van der Waals surface area contributed by atoms with Gasteiger partial charge in [0.2, 0.25) is 0 Å². The van der Waals surface area contributed by atoms with Crippen molar-refractivity contribution in [1.29, 1.82) is 0 Å². The average Bonchev–Trinajstić information content (AvgIpc) is 3.23. The molecule has 0 aromatic carbocycles. The Labute approximate surface area is 365 Å². The van der Waals surface area contributed by atoms with E-state index < -0.39 is 6.10 Å². The highest BCUT2D eigenvalue weighted by Gasteiger charge is 2.19. The predicted octanol–water partition coefficient (Wildman–Crippen LogP) is 16.5. The molecule has 0 radical (unpaired) electrons. The van der Waals surface area contributed by atoms with Crippen LogP contribution in [0, 0.1) is 0 Å². The van der Waals surface area contributed by atoms with Crippen LogP contribution < -0.4 is 0 Å². The lowest BCUT2D eigenvalue weighted by molar-refractivity contribution is -0.167. The minimum atomic E-state index is -0.783. The number of hydrogen-bond acceptors (Lipinski definition) is 6. The monoisotopic (exact) mass is 829 g/mol. The van der Waals surface area contributed by atoms with Crippen molar-refractivity contribution >= 4 is 17.9 Å². The summed E-state index contributed by atoms with van der Waals surface area (Å²) in [6.07, 6.45) is 55.6. The Kier molecular flexibility index (Phi) is 46.4. The third-order valence-electron chi connectivity index (χ3n) is 11.1. The van der Waals surface area contributed by atoms with Gasteiger partial charge in [-0.15, -0.1) is 0 Å². The molecular weight excluding hydrogens is 733 g/mol. The van der Waals surface area contributed by atoms with Crippen LogP contribution >= 0.6 is 0 Å². The fourth-order valence-electron chi connectivity index (χ4n) is 7.18. The van der Waals surface area contributed by atoms with Crippen LogP contribution in [0.4, 0.5) is 0 Å². The second kappa shape index (κ2) is 48.3. The maximum atomic E-state index is 12.8. The molecule has 0 saturated heterocycles. The molecule has 0 aliphatic carbocycles. The quantitative estimate of drug-likeness (QED) is 0.0263. The van der Waals surface area contributed by atoms with Crippen LogP contribution in [-0.4, -0.2) is 37.2 Å². The molecule has 0 N–H and O–H groups in total. The molecule has 0 spiro atoms. The molecule has 1 unspecified atom stereocenters. The Morgan fingerprint density at radius 1 is 0.322 bits per heavy atom. The van der Waals surface area contributed by atoms with Gasteiger partial charge in [-0.3, -0.25) is 14.4 Å². The lowest BCUT2D eigenvalue weighted by atomic mass is 10.1. The molecule has 0 rings (SSSR count). The summed E-state index contributed by atoms with van der Waals surface area (Å²) < 4.78 is 16.7. The van der Waals surface area contributed by atoms with Crippen molar-refractivity contribution in [2.45, 2.75) is 271 Å². The fraction of sp³-hybridized carbons (Fsp3) is 0.830. The smallest absolute Gasteiger partial charge is 0.306 e. The zero-order valence-electron chi connectivity index (χ0n) is 39.3. The van der Waals surface area contributed by atoms with Crippen molar-refractivity contribution in [2.75, 3.05) is 13.2 Å². The summed E-state index contributed by atoms with van der Waals surface area (Å²) in [4.78, 5) is 37.9. The summed E-state index contributed by atoms with van der Waals surface area (Å²) in [7, 11) is 0. The molecule has 0 heterocycles. The van der Waals surface area contributed by atoms with Gasteiger partial charge < -0.3 is 14.2 Å². The van der Waals surface area contributed by atoms with Gasteiger partial charge in [-0.05, 0) is 89.9 Å². The summed E-state index contributed by atoms with van der Waals surface area (Å²) in [6.45, 7) is 6.57. The second-order valence-electron chi connectivity index (χ2n) is 17.1. The van der Waals surface area contributed by atoms with E-state index in [1.54, 1.807) is 0 Å². The summed E-state index contributed by atoms with van der Waals surface area (Å²) in [5, 5.41) is 0. The molecule has 59 heavy (non-hydrogen) atoms. The zero-order valence-corrected chi connectivity index (χ0v) is 39.3. The SMILES string of the molecule is CCCC/C=C\CCCCCCC(=O)OCC(COC(=O)CCCCCCCCC/C=C\CCCCCCCC)OC(=O)CCCCC/C=C\CCCCCCCCC. The van der Waals surface area contributed by atoms with Crippen molar-refractivity contribution in [1.82, 2.24) is 0 Å². The van der Waals surface area contributed by atoms with Gasteiger partial charge in [0.1, 0.15) is 13.2 Å². The Morgan fingerprint density at radius 2 is 0.576 bits per heavy atom. The van der Waals surface area contributed by atoms with Crippen molar-refractivity contribution in [3.05, 3.63) is 36.5 Å². The Morgan fingerprint density at radius 3 is 0.915 bits per heavy atom. The molecule has 6 heteroatoms. The van der Waals surface area contributed by atoms with Crippen LogP contribution in [0.2, 0.25) is 0 Å². The molecule has 6 nitrogen and oxygen atoms in total. The molecule has 0 aliphatic rings. The van der Waals surface area contributed by atoms with E-state index in [-0.39, 0.29) is 31.1 Å². The summed E-state index contributed by atoms with van der Waals surface area (Å²) in [5.41, 5.74) is 0. The largest absolute Gasteiger partial charge is 0.462 e. The number of rotatable bonds is 46. The van der Waals surface area contributed by atoms with E-state index >= 15 is 0 Å². The van der Waals surface area contributed by atoms with Gasteiger partial charge >= 0.3 is 17.9 Å². The summed E-state index contributed by atoms with van der Waals surface area (Å²) in [5.74, 6) is -0.910. The molecule has 0 aromatic rings. The highest BCUT2D eigenvalue weighted by Crippen LogP contribution is 2.14. The van der Waals surface area contributed by atoms with Gasteiger partial charge in [0.15, 0.2) is 6.10 Å². The number of allylic oxidation sites excluding steroid dienone is 6. The van der Waals surface area contributed by atoms with Gasteiger partial charge in [0, 0.05) is 19.3 Å². The maximum Gasteiger partial charge on any atom is 0.306 e. The Balaban J connectivity index is 4.35. The van der Waals surface area contributed by atoms with E-state index in [4.69, 9.17) is 14.2 Å². The van der Waals surface area contributed by atoms with Gasteiger partial charge in [-0.1, -0.05) is 192 Å². The summed E-state index contributed by atoms with van der Waals surface area (Å²) >= 11 is 0. The van der Waals surface area contributed by atoms with E-state index in [9.17, 15) is 14.4 Å². The molecule has 0 saturated carbocycles. The van der Waals surface area contributed by atoms with E-state index in [0.717, 1.165) is 89.9 Å². The molecule has 0 fully saturated rings. The maximum absolute atomic E-state index is 12.8. The van der Waals surface area contributed by atoms with E-state index in [1.165, 1.54) is 135 Å². The van der Waals surface area contributed by atoms with E-state index in [0.29, 0.717) is 19.3 Å². The van der Waals surface area contributed by atoms with Crippen molar-refractivity contribution in [3.63, 3.8) is 0 Å². The number of unbranched alkanes of at least 4 members (excludes halogenated alkanes) is 29. The number of carbonyl (C=O) groups is 3. The molecular formula is C53H96O6. The lowest BCUT2D eigenvalue weighted by Gasteiger charge is -2.18. The van der Waals surface area contributed by atoms with Crippen molar-refractivity contribution in [3.8, 4) is 0 Å². The Bertz CT molecular complexity index is 1000. The second-order valence-corrected chi connectivity index (χ2v) is 17.1. The molecule has 0 bridgehead atoms. The predicted molar refractivity (Wildman–Crippen MR) is 252 cm³/mol. The molecule has 0 amide bonds. The highest BCUT2D eigenvalue weighted by atomic mass is 16.6. The van der Waals surface area contributed by atoms with Gasteiger partial charge in [-0.25, -0.2) is 0 Å². The van der Waals surface area contributed by atoms with Crippen LogP contribution in [0.1, 0.15) is 265 Å². The molecule has 1 atom stereocenters. The van der Waals surface area contributed by atoms with Gasteiger partial charge in [0.25, 0.3) is 0 Å². The number of hydrogen-bond donors (Lipinski definition) is 0. The topological polar surface area (TPSA) is 78.9 Å². The Hall–Kier alpha value is -2.37. The molecule has 344 valence electrons. The lowest BCUT2D eigenvalue weighted by Crippen LogP contribution is -2.30. The zero-order chi connectivity index (χ0) is 43.0. The normalized spacial score (nSPS) is 12.3. The highest BCUT2D eigenvalue weighted by molar-refractivity contribution is 5.71. The van der Waals surface area contributed by atoms with E-state index in [2.05, 4.69) is 57.2 Å². The first-order valence-corrected chi connectivity index (χ1v) is 25.5. The molecule has 0 aromatic heterocycles. The third-order valence-corrected chi connectivity index (χ3v) is 11.1. The summed E-state index contributed by atoms with van der Waals surface area (Å²) in [6, 6.07) is 0. The minimum absolute atomic E-state index is 0.0828. The van der Waals surface area contributed by atoms with E-state index in [1.807, 2.05) is 0 Å². The van der Waals surface area contributed by atoms with Crippen LogP contribution in [-0.2, 0) is 28.6 Å². The van der Waals surface area contributed by atoms with Gasteiger partial charge in [0.05, 0.1) is 0 Å². The number of ether oxygens (including phenoxy) is 3. The first-order chi connectivity index (χ1) is 29.0. The van der Waals surface area contributed by atoms with Crippen LogP contribution in [0.5, 0.6) is 0 Å². The van der Waals surface area contributed by atoms with Crippen LogP contribution in [0.3, 0.4) is 0 Å². The van der Waals surface area contributed by atoms with Crippen LogP contribution in [0.15, 0.2) is 36.5 Å². The average molecular weight is 829 g/mol. The third kappa shape index (κ3) is 46.5. The number of carbonyl (C=O) groups excluding carboxylic acids is 3. The minimum Gasteiger partial charge on any atom is -0.462 e. The standard InChI is InChI=1S/C53H96O6/c1-4-7-10-13-16-19-22-24-26-27-28-30-31-34-37-40-43-46-52(55)58-49-50(48-57-51(54)45-42-39-36-33-21-18-15-12-9-6-3)59-53(56)47-44-41-38-35-32-29-25-23-20-17-14-11-8-5-2/h15,18,24,26,29,32,50H,4-14,16-17,19-23,25,27-28,30-31,33-49H2,1-3H3/b18-15-,26-24-,32-29-. The van der Waals surface area contributed by atoms with Crippen molar-refractivity contribution < 1.29 is 28.6 Å². The van der Waals surface area contributed by atoms with Crippen LogP contribution in [0.25, 0.3) is 0 Å². The first kappa shape index (κ1) is 56.6. The first-order valence-electron chi connectivity index (χ1n) is 25.5. The molecule has 0 aliphatic heterocycles. The van der Waals surface area contributed by atoms with Gasteiger partial charge in [-0.2, -0.15) is 0 Å². The number of esters is 3.